The first-order valence-corrected chi connectivity index (χ1v) is 12.4. The fourth-order valence-electron chi connectivity index (χ4n) is 4.37. The summed E-state index contributed by atoms with van der Waals surface area (Å²) in [5.41, 5.74) is 10.1. The highest BCUT2D eigenvalue weighted by Crippen LogP contribution is 2.30. The number of nitrogens with one attached hydrogen (secondary N) is 1. The van der Waals surface area contributed by atoms with Crippen molar-refractivity contribution in [3.63, 3.8) is 0 Å². The summed E-state index contributed by atoms with van der Waals surface area (Å²) in [5.74, 6) is 0.506. The van der Waals surface area contributed by atoms with Crippen molar-refractivity contribution in [2.45, 2.75) is 11.8 Å². The minimum Gasteiger partial charge on any atom is -0.587 e. The van der Waals surface area contributed by atoms with Gasteiger partial charge in [0.1, 0.15) is 28.7 Å². The third kappa shape index (κ3) is 3.74. The molecule has 9 nitrogen and oxygen atoms in total. The van der Waals surface area contributed by atoms with Gasteiger partial charge in [0.25, 0.3) is 0 Å². The smallest absolute Gasteiger partial charge is 0.219 e. The molecule has 6 aromatic rings. The Morgan fingerprint density at radius 2 is 1.92 bits per heavy atom. The minimum atomic E-state index is -1.72. The van der Waals surface area contributed by atoms with Crippen molar-refractivity contribution in [1.82, 2.24) is 23.7 Å². The van der Waals surface area contributed by atoms with Gasteiger partial charge in [-0.3, -0.25) is 4.79 Å². The van der Waals surface area contributed by atoms with E-state index in [0.29, 0.717) is 27.0 Å². The number of nitriles is 1. The van der Waals surface area contributed by atoms with Crippen molar-refractivity contribution in [2.75, 3.05) is 5.73 Å². The summed E-state index contributed by atoms with van der Waals surface area (Å²) in [4.78, 5) is 22.0. The minimum absolute atomic E-state index is 0.150. The second-order valence-corrected chi connectivity index (χ2v) is 9.81. The summed E-state index contributed by atoms with van der Waals surface area (Å²) in [5, 5.41) is 14.3. The van der Waals surface area contributed by atoms with E-state index in [1.807, 2.05) is 31.2 Å². The molecule has 3 aromatic heterocycles. The number of carbonyl (C=O) groups is 1. The largest absolute Gasteiger partial charge is 0.587 e. The van der Waals surface area contributed by atoms with E-state index in [0.717, 1.165) is 16.9 Å². The van der Waals surface area contributed by atoms with E-state index in [1.54, 1.807) is 48.5 Å². The first-order valence-electron chi connectivity index (χ1n) is 11.3. The number of imidazole rings is 1. The topological polar surface area (TPSA) is 141 Å². The van der Waals surface area contributed by atoms with E-state index in [-0.39, 0.29) is 17.1 Å². The average Bonchev–Trinajstić information content (AvgIpc) is 3.61. The van der Waals surface area contributed by atoms with Gasteiger partial charge in [-0.25, -0.2) is 9.67 Å². The maximum atomic E-state index is 13.8. The number of nitrogens with zero attached hydrogens (tertiary/aromatic N) is 5. The number of hydrogen-bond acceptors (Lipinski definition) is 6. The molecule has 0 bridgehead atoms. The van der Waals surface area contributed by atoms with E-state index in [9.17, 15) is 14.6 Å². The summed E-state index contributed by atoms with van der Waals surface area (Å²) in [6.45, 7) is 1.87. The zero-order chi connectivity index (χ0) is 25.7. The summed E-state index contributed by atoms with van der Waals surface area (Å²) < 4.78 is 16.6. The highest BCUT2D eigenvalue weighted by Gasteiger charge is 2.29. The van der Waals surface area contributed by atoms with E-state index < -0.39 is 17.1 Å². The summed E-state index contributed by atoms with van der Waals surface area (Å²) in [6.07, 6.45) is 1.41. The molecule has 10 heteroatoms. The van der Waals surface area contributed by atoms with Crippen LogP contribution in [0.3, 0.4) is 0 Å². The Bertz CT molecular complexity index is 1860. The van der Waals surface area contributed by atoms with Crippen LogP contribution in [0.4, 0.5) is 5.82 Å². The number of nitrogens with two attached hydrogens (primary N) is 1. The van der Waals surface area contributed by atoms with Gasteiger partial charge < -0.3 is 15.3 Å². The molecule has 0 fully saturated rings. The lowest BCUT2D eigenvalue weighted by Crippen LogP contribution is -2.19. The lowest BCUT2D eigenvalue weighted by atomic mass is 10.1. The molecule has 3 heterocycles. The van der Waals surface area contributed by atoms with Crippen LogP contribution in [0.2, 0.25) is 0 Å². The van der Waals surface area contributed by atoms with Crippen molar-refractivity contribution in [2.24, 2.45) is 0 Å². The maximum absolute atomic E-state index is 13.8. The molecule has 3 aromatic carbocycles. The quantitative estimate of drug-likeness (QED) is 0.265. The zero-order valence-electron chi connectivity index (χ0n) is 19.5. The molecular formula is C27H19N7O2S. The van der Waals surface area contributed by atoms with Crippen LogP contribution in [0.5, 0.6) is 0 Å². The van der Waals surface area contributed by atoms with Gasteiger partial charge in [-0.15, -0.1) is 0 Å². The number of aromatic amines is 1. The Morgan fingerprint density at radius 1 is 1.11 bits per heavy atom. The lowest BCUT2D eigenvalue weighted by Gasteiger charge is -2.14. The van der Waals surface area contributed by atoms with Crippen molar-refractivity contribution in [1.29, 1.82) is 5.26 Å². The normalized spacial score (nSPS) is 12.1. The van der Waals surface area contributed by atoms with Gasteiger partial charge >= 0.3 is 0 Å². The number of carbonyl (C=O) groups excluding carboxylic acids is 1. The third-order valence-electron chi connectivity index (χ3n) is 6.11. The SMILES string of the molecule is Cc1nc2cc(-n3ncc(C(=O)c4cc5cc(C#N)ccc5n4[S+]([O-])c4ccccc4)c3N)ccc2[nH]1. The van der Waals surface area contributed by atoms with Crippen LogP contribution in [0.1, 0.15) is 27.4 Å². The number of anilines is 1. The molecule has 0 aliphatic carbocycles. The first kappa shape index (κ1) is 22.6. The highest BCUT2D eigenvalue weighted by molar-refractivity contribution is 7.90. The second kappa shape index (κ2) is 8.67. The Hall–Kier alpha value is -4.85. The summed E-state index contributed by atoms with van der Waals surface area (Å²) in [6, 6.07) is 23.1. The molecule has 6 rings (SSSR count). The number of rotatable bonds is 5. The lowest BCUT2D eigenvalue weighted by molar-refractivity contribution is 0.103. The van der Waals surface area contributed by atoms with Crippen LogP contribution in [0.25, 0.3) is 27.6 Å². The third-order valence-corrected chi connectivity index (χ3v) is 7.51. The van der Waals surface area contributed by atoms with Gasteiger partial charge in [-0.1, -0.05) is 18.2 Å². The van der Waals surface area contributed by atoms with Crippen molar-refractivity contribution < 1.29 is 9.35 Å². The molecule has 3 N–H and O–H groups in total. The molecule has 0 amide bonds. The van der Waals surface area contributed by atoms with E-state index in [1.165, 1.54) is 14.9 Å². The van der Waals surface area contributed by atoms with E-state index in [2.05, 4.69) is 21.1 Å². The average molecular weight is 506 g/mol. The van der Waals surface area contributed by atoms with Gasteiger partial charge in [0.15, 0.2) is 4.90 Å². The molecule has 1 atom stereocenters. The molecule has 0 saturated heterocycles. The first-order chi connectivity index (χ1) is 17.9. The molecule has 0 saturated carbocycles. The van der Waals surface area contributed by atoms with Crippen molar-refractivity contribution in [3.05, 3.63) is 102 Å². The molecular weight excluding hydrogens is 486 g/mol. The van der Waals surface area contributed by atoms with Crippen LogP contribution in [0, 0.1) is 18.3 Å². The van der Waals surface area contributed by atoms with Crippen LogP contribution < -0.4 is 5.73 Å². The maximum Gasteiger partial charge on any atom is 0.219 e. The summed E-state index contributed by atoms with van der Waals surface area (Å²) >= 11 is -1.72. The van der Waals surface area contributed by atoms with Gasteiger partial charge in [-0.2, -0.15) is 14.3 Å². The van der Waals surface area contributed by atoms with Crippen LogP contribution in [0.15, 0.2) is 83.9 Å². The number of fused-ring (bicyclic) bond motifs is 2. The van der Waals surface area contributed by atoms with Crippen molar-refractivity contribution >= 4 is 44.9 Å². The van der Waals surface area contributed by atoms with Gasteiger partial charge in [-0.05, 0) is 61.5 Å². The highest BCUT2D eigenvalue weighted by atomic mass is 32.2. The Kier molecular flexibility index (Phi) is 5.30. The number of ketones is 1. The Morgan fingerprint density at radius 3 is 2.70 bits per heavy atom. The number of benzene rings is 3. The monoisotopic (exact) mass is 505 g/mol. The van der Waals surface area contributed by atoms with Gasteiger partial charge in [0, 0.05) is 5.39 Å². The molecule has 0 radical (unpaired) electrons. The molecule has 0 aliphatic rings. The molecule has 180 valence electrons. The number of H-pyrrole nitrogens is 1. The number of nitrogen functional groups attached to an aromatic ring is 1. The molecule has 0 spiro atoms. The number of aromatic nitrogens is 5. The van der Waals surface area contributed by atoms with Crippen LogP contribution in [-0.4, -0.2) is 34.1 Å². The van der Waals surface area contributed by atoms with E-state index >= 15 is 0 Å². The molecule has 0 aliphatic heterocycles. The summed E-state index contributed by atoms with van der Waals surface area (Å²) in [7, 11) is 0. The van der Waals surface area contributed by atoms with Crippen LogP contribution in [-0.2, 0) is 11.4 Å². The van der Waals surface area contributed by atoms with Gasteiger partial charge in [0.05, 0.1) is 45.6 Å². The number of aryl methyl sites for hydroxylation is 1. The molecule has 1 unspecified atom stereocenters. The Labute approximate surface area is 214 Å². The standard InChI is InChI=1S/C27H19N7O2S/c1-16-31-22-9-8-19(13-23(22)32-16)33-27(29)21(15-30-33)26(35)25-12-18-11-17(14-28)7-10-24(18)34(25)37(36)20-5-3-2-4-6-20/h2-13,15H,29H2,1H3,(H,31,32). The van der Waals surface area contributed by atoms with Crippen LogP contribution >= 0.6 is 0 Å². The zero-order valence-corrected chi connectivity index (χ0v) is 20.4. The fourth-order valence-corrected chi connectivity index (χ4v) is 5.63. The predicted molar refractivity (Wildman–Crippen MR) is 141 cm³/mol. The molecule has 37 heavy (non-hydrogen) atoms. The Balaban J connectivity index is 1.48. The second-order valence-electron chi connectivity index (χ2n) is 8.48. The predicted octanol–water partition coefficient (Wildman–Crippen LogP) is 4.27. The van der Waals surface area contributed by atoms with E-state index in [4.69, 9.17) is 5.73 Å². The van der Waals surface area contributed by atoms with Gasteiger partial charge in [0.2, 0.25) is 5.78 Å². The fraction of sp³-hybridized carbons (Fsp3) is 0.0370. The number of hydrogen-bond donors (Lipinski definition) is 2. The van der Waals surface area contributed by atoms with Crippen molar-refractivity contribution in [3.8, 4) is 11.8 Å².